The van der Waals surface area contributed by atoms with Gasteiger partial charge in [-0.05, 0) is 22.5 Å². The van der Waals surface area contributed by atoms with Crippen LogP contribution in [-0.4, -0.2) is 0 Å². The number of hydrogen-bond acceptors (Lipinski definition) is 0. The fourth-order valence-corrected chi connectivity index (χ4v) is 0.878. The van der Waals surface area contributed by atoms with Gasteiger partial charge in [0, 0.05) is 22.4 Å². The molecule has 0 atom stereocenters. The molecule has 0 aliphatic carbocycles. The van der Waals surface area contributed by atoms with E-state index in [9.17, 15) is 4.39 Å². The minimum Gasteiger partial charge on any atom is -0.207 e. The number of rotatable bonds is 1. The molecule has 1 aromatic rings. The number of halogens is 2. The predicted octanol–water partition coefficient (Wildman–Crippen LogP) is 2.72. The summed E-state index contributed by atoms with van der Waals surface area (Å²) in [4.78, 5) is 2.60. The second-order valence-electron chi connectivity index (χ2n) is 2.07. The van der Waals surface area contributed by atoms with Gasteiger partial charge in [-0.2, -0.15) is 0 Å². The van der Waals surface area contributed by atoms with E-state index in [1.165, 1.54) is 12.1 Å². The molecule has 0 bridgehead atoms. The van der Waals surface area contributed by atoms with Gasteiger partial charge < -0.3 is 0 Å². The highest BCUT2D eigenvalue weighted by molar-refractivity contribution is 9.12. The van der Waals surface area contributed by atoms with Gasteiger partial charge in [-0.25, -0.2) is 4.39 Å². The molecule has 0 saturated carbocycles. The quantitative estimate of drug-likeness (QED) is 0.629. The molecule has 1 rings (SSSR count). The van der Waals surface area contributed by atoms with E-state index in [1.54, 1.807) is 12.1 Å². The number of hydrogen-bond donors (Lipinski definition) is 0. The predicted molar refractivity (Wildman–Crippen MR) is 46.8 cm³/mol. The summed E-state index contributed by atoms with van der Waals surface area (Å²) >= 11 is 2.99. The van der Waals surface area contributed by atoms with Gasteiger partial charge in [0.05, 0.1) is 0 Å². The van der Waals surface area contributed by atoms with Crippen LogP contribution >= 0.6 is 15.9 Å². The summed E-state index contributed by atoms with van der Waals surface area (Å²) < 4.78 is 12.4. The molecule has 0 nitrogen and oxygen atoms in total. The van der Waals surface area contributed by atoms with Crippen LogP contribution in [0.5, 0.6) is 0 Å². The molecule has 0 heterocycles. The van der Waals surface area contributed by atoms with Crippen LogP contribution in [-0.2, 0) is 6.42 Å². The molecule has 0 aliphatic heterocycles. The summed E-state index contributed by atoms with van der Waals surface area (Å²) in [6.45, 7) is 0. The van der Waals surface area contributed by atoms with Crippen LogP contribution in [0.1, 0.15) is 5.56 Å². The van der Waals surface area contributed by atoms with Crippen molar-refractivity contribution in [2.45, 2.75) is 6.42 Å². The Morgan fingerprint density at radius 1 is 1.27 bits per heavy atom. The minimum absolute atomic E-state index is 0.208. The van der Waals surface area contributed by atoms with Gasteiger partial charge in [-0.1, -0.05) is 18.1 Å². The summed E-state index contributed by atoms with van der Waals surface area (Å²) in [5, 5.41) is 0. The SMILES string of the molecule is Fc1ccc(CC#CBr)cc1. The van der Waals surface area contributed by atoms with Gasteiger partial charge in [0.1, 0.15) is 5.82 Å². The normalized spacial score (nSPS) is 8.55. The van der Waals surface area contributed by atoms with Crippen molar-refractivity contribution in [3.05, 3.63) is 35.6 Å². The van der Waals surface area contributed by atoms with Gasteiger partial charge in [0.25, 0.3) is 0 Å². The molecule has 0 aromatic heterocycles. The fourth-order valence-electron chi connectivity index (χ4n) is 0.738. The van der Waals surface area contributed by atoms with E-state index in [0.29, 0.717) is 6.42 Å². The second-order valence-corrected chi connectivity index (χ2v) is 2.47. The molecule has 0 radical (unpaired) electrons. The van der Waals surface area contributed by atoms with Crippen LogP contribution in [0.4, 0.5) is 4.39 Å². The maximum atomic E-state index is 12.4. The molecule has 0 unspecified atom stereocenters. The van der Waals surface area contributed by atoms with Crippen molar-refractivity contribution in [3.8, 4) is 10.8 Å². The van der Waals surface area contributed by atoms with E-state index in [2.05, 4.69) is 26.7 Å². The smallest absolute Gasteiger partial charge is 0.123 e. The first-order valence-corrected chi connectivity index (χ1v) is 3.95. The first kappa shape index (κ1) is 8.29. The molecule has 56 valence electrons. The fraction of sp³-hybridized carbons (Fsp3) is 0.111. The monoisotopic (exact) mass is 212 g/mol. The molecule has 11 heavy (non-hydrogen) atoms. The average Bonchev–Trinajstić information content (AvgIpc) is 2.04. The molecule has 0 saturated heterocycles. The van der Waals surface area contributed by atoms with Crippen LogP contribution in [0.15, 0.2) is 24.3 Å². The highest BCUT2D eigenvalue weighted by Crippen LogP contribution is 2.02. The average molecular weight is 213 g/mol. The molecule has 0 aliphatic rings. The van der Waals surface area contributed by atoms with Crippen molar-refractivity contribution in [1.82, 2.24) is 0 Å². The van der Waals surface area contributed by atoms with Gasteiger partial charge in [0.15, 0.2) is 0 Å². The summed E-state index contributed by atoms with van der Waals surface area (Å²) in [5.74, 6) is 2.62. The molecule has 0 N–H and O–H groups in total. The zero-order valence-corrected chi connectivity index (χ0v) is 7.36. The van der Waals surface area contributed by atoms with E-state index < -0.39 is 0 Å². The topological polar surface area (TPSA) is 0 Å². The lowest BCUT2D eigenvalue weighted by molar-refractivity contribution is 0.627. The molecule has 2 heteroatoms. The standard InChI is InChI=1S/C9H6BrF/c10-7-1-2-8-3-5-9(11)6-4-8/h3-6H,2H2. The van der Waals surface area contributed by atoms with E-state index in [-0.39, 0.29) is 5.82 Å². The van der Waals surface area contributed by atoms with E-state index in [4.69, 9.17) is 0 Å². The van der Waals surface area contributed by atoms with Gasteiger partial charge in [-0.15, -0.1) is 0 Å². The summed E-state index contributed by atoms with van der Waals surface area (Å²) in [7, 11) is 0. The van der Waals surface area contributed by atoms with Crippen molar-refractivity contribution in [1.29, 1.82) is 0 Å². The van der Waals surface area contributed by atoms with Gasteiger partial charge >= 0.3 is 0 Å². The second kappa shape index (κ2) is 4.15. The Bertz CT molecular complexity index is 279. The lowest BCUT2D eigenvalue weighted by Gasteiger charge is -1.92. The van der Waals surface area contributed by atoms with E-state index >= 15 is 0 Å². The summed E-state index contributed by atoms with van der Waals surface area (Å²) in [5.41, 5.74) is 1.03. The third kappa shape index (κ3) is 2.73. The highest BCUT2D eigenvalue weighted by Gasteiger charge is 1.89. The Morgan fingerprint density at radius 3 is 2.45 bits per heavy atom. The van der Waals surface area contributed by atoms with Crippen LogP contribution < -0.4 is 0 Å². The first-order valence-electron chi connectivity index (χ1n) is 3.16. The molecular weight excluding hydrogens is 207 g/mol. The lowest BCUT2D eigenvalue weighted by atomic mass is 10.2. The Hall–Kier alpha value is -0.810. The first-order chi connectivity index (χ1) is 5.33. The van der Waals surface area contributed by atoms with Crippen LogP contribution in [0.25, 0.3) is 0 Å². The molecule has 0 spiro atoms. The maximum absolute atomic E-state index is 12.4. The zero-order chi connectivity index (χ0) is 8.10. The van der Waals surface area contributed by atoms with Crippen LogP contribution in [0, 0.1) is 16.6 Å². The lowest BCUT2D eigenvalue weighted by Crippen LogP contribution is -1.80. The molecular formula is C9H6BrF. The van der Waals surface area contributed by atoms with Crippen molar-refractivity contribution in [2.75, 3.05) is 0 Å². The minimum atomic E-state index is -0.208. The van der Waals surface area contributed by atoms with Crippen molar-refractivity contribution in [2.24, 2.45) is 0 Å². The van der Waals surface area contributed by atoms with Gasteiger partial charge in [0.2, 0.25) is 0 Å². The zero-order valence-electron chi connectivity index (χ0n) is 5.77. The van der Waals surface area contributed by atoms with Gasteiger partial charge in [-0.3, -0.25) is 0 Å². The Labute approximate surface area is 73.6 Å². The van der Waals surface area contributed by atoms with Crippen LogP contribution in [0.3, 0.4) is 0 Å². The largest absolute Gasteiger partial charge is 0.207 e. The van der Waals surface area contributed by atoms with Crippen molar-refractivity contribution < 1.29 is 4.39 Å². The van der Waals surface area contributed by atoms with E-state index in [1.807, 2.05) is 0 Å². The van der Waals surface area contributed by atoms with Crippen molar-refractivity contribution >= 4 is 15.9 Å². The van der Waals surface area contributed by atoms with Crippen LogP contribution in [0.2, 0.25) is 0 Å². The third-order valence-electron chi connectivity index (χ3n) is 1.27. The van der Waals surface area contributed by atoms with E-state index in [0.717, 1.165) is 5.56 Å². The summed E-state index contributed by atoms with van der Waals surface area (Å²) in [6.07, 6.45) is 0.658. The Kier molecular flexibility index (Phi) is 3.13. The van der Waals surface area contributed by atoms with Crippen molar-refractivity contribution in [3.63, 3.8) is 0 Å². The summed E-state index contributed by atoms with van der Waals surface area (Å²) in [6, 6.07) is 6.33. The Balaban J connectivity index is 2.71. The number of benzene rings is 1. The third-order valence-corrected chi connectivity index (χ3v) is 1.55. The Morgan fingerprint density at radius 2 is 1.91 bits per heavy atom. The maximum Gasteiger partial charge on any atom is 0.123 e. The molecule has 1 aromatic carbocycles. The highest BCUT2D eigenvalue weighted by atomic mass is 79.9. The molecule has 0 fully saturated rings. The molecule has 0 amide bonds.